The van der Waals surface area contributed by atoms with Crippen LogP contribution in [0.25, 0.3) is 22.3 Å². The predicted octanol–water partition coefficient (Wildman–Crippen LogP) is 6.23. The average molecular weight is 598 g/mol. The van der Waals surface area contributed by atoms with E-state index in [0.29, 0.717) is 53.9 Å². The Bertz CT molecular complexity index is 1650. The van der Waals surface area contributed by atoms with Crippen LogP contribution in [-0.2, 0) is 20.9 Å². The number of nitrogens with zero attached hydrogens (tertiary/aromatic N) is 2. The zero-order chi connectivity index (χ0) is 31.7. The number of nitrogens with two attached hydrogens (primary N) is 1. The van der Waals surface area contributed by atoms with Gasteiger partial charge in [0, 0.05) is 35.4 Å². The summed E-state index contributed by atoms with van der Waals surface area (Å²) in [4.78, 5) is 34.4. The van der Waals surface area contributed by atoms with Gasteiger partial charge in [-0.3, -0.25) is 15.5 Å². The lowest BCUT2D eigenvalue weighted by molar-refractivity contribution is -0.116. The number of amides is 2. The largest absolute Gasteiger partial charge is 0.444 e. The van der Waals surface area contributed by atoms with Crippen molar-refractivity contribution in [3.8, 4) is 11.4 Å². The van der Waals surface area contributed by atoms with E-state index in [1.54, 1.807) is 26.8 Å². The fraction of sp³-hybridized carbons (Fsp3) is 0.324. The molecule has 0 fully saturated rings. The fourth-order valence-electron chi connectivity index (χ4n) is 4.45. The van der Waals surface area contributed by atoms with Crippen LogP contribution in [-0.4, -0.2) is 40.4 Å². The molecule has 0 atom stereocenters. The molecular weight excluding hydrogens is 556 g/mol. The van der Waals surface area contributed by atoms with Crippen LogP contribution in [0.4, 0.5) is 27.7 Å². The lowest BCUT2D eigenvalue weighted by Gasteiger charge is -2.20. The summed E-state index contributed by atoms with van der Waals surface area (Å²) < 4.78 is 11.2. The van der Waals surface area contributed by atoms with E-state index in [9.17, 15) is 9.59 Å². The molecule has 1 aromatic heterocycles. The number of carbonyl (C=O) groups is 2. The smallest absolute Gasteiger partial charge is 0.412 e. The molecule has 0 radical (unpaired) electrons. The van der Waals surface area contributed by atoms with Crippen molar-refractivity contribution in [3.05, 3.63) is 71.8 Å². The second kappa shape index (κ2) is 14.6. The molecule has 44 heavy (non-hydrogen) atoms. The molecule has 10 nitrogen and oxygen atoms in total. The van der Waals surface area contributed by atoms with Gasteiger partial charge in [-0.2, -0.15) is 0 Å². The van der Waals surface area contributed by atoms with Crippen LogP contribution in [0.1, 0.15) is 65.0 Å². The molecule has 0 bridgehead atoms. The standard InChI is InChI=1S/C34H40N6O4/c1-6-9-30(41)36-25-11-8-10-23(18-25)31-38-29-14-12-22(21-43-16-7-2)17-27(29)32(40-31)37-26-13-15-28(24(19-26)20-35)39-33(42)44-34(3,4)5/h8,10-15,17-20,35H,6-7,9,16,21H2,1-5H3,(H,36,41)(H,39,42)(H,37,38,40)/p+1. The SMILES string of the molecule is CCCOCc1ccc2nc(-c3cccc(NC(=O)CCC)c3)nc(Nc3ccc(NC(=O)OC(C)(C)C)c(C=[NH2+])c3)c2c1. The first kappa shape index (κ1) is 32.1. The van der Waals surface area contributed by atoms with Gasteiger partial charge in [-0.25, -0.2) is 14.8 Å². The van der Waals surface area contributed by atoms with Gasteiger partial charge in [0.15, 0.2) is 12.0 Å². The summed E-state index contributed by atoms with van der Waals surface area (Å²) in [5.74, 6) is 1.04. The van der Waals surface area contributed by atoms with Crippen LogP contribution in [0, 0.1) is 0 Å². The van der Waals surface area contributed by atoms with Crippen LogP contribution in [0.3, 0.4) is 0 Å². The normalized spacial score (nSPS) is 11.2. The van der Waals surface area contributed by atoms with Crippen molar-refractivity contribution < 1.29 is 24.5 Å². The molecule has 3 aromatic carbocycles. The van der Waals surface area contributed by atoms with Gasteiger partial charge in [0.2, 0.25) is 5.91 Å². The summed E-state index contributed by atoms with van der Waals surface area (Å²) in [5, 5.41) is 15.9. The molecule has 2 amide bonds. The van der Waals surface area contributed by atoms with Gasteiger partial charge < -0.3 is 20.1 Å². The predicted molar refractivity (Wildman–Crippen MR) is 175 cm³/mol. The first-order valence-electron chi connectivity index (χ1n) is 14.8. The lowest BCUT2D eigenvalue weighted by Crippen LogP contribution is -2.31. The Morgan fingerprint density at radius 1 is 0.932 bits per heavy atom. The summed E-state index contributed by atoms with van der Waals surface area (Å²) in [6, 6.07) is 18.9. The number of nitrogens with one attached hydrogen (secondary N) is 3. The molecule has 1 heterocycles. The maximum Gasteiger partial charge on any atom is 0.412 e. The summed E-state index contributed by atoms with van der Waals surface area (Å²) in [6.45, 7) is 10.6. The van der Waals surface area contributed by atoms with E-state index >= 15 is 0 Å². The molecule has 5 N–H and O–H groups in total. The minimum absolute atomic E-state index is 0.0404. The first-order valence-corrected chi connectivity index (χ1v) is 14.8. The number of fused-ring (bicyclic) bond motifs is 1. The Hall–Kier alpha value is -4.83. The maximum atomic E-state index is 12.4. The molecule has 0 aliphatic heterocycles. The Labute approximate surface area is 258 Å². The second-order valence-corrected chi connectivity index (χ2v) is 11.4. The Balaban J connectivity index is 1.72. The Kier molecular flexibility index (Phi) is 10.6. The van der Waals surface area contributed by atoms with E-state index in [2.05, 4.69) is 22.9 Å². The molecule has 10 heteroatoms. The van der Waals surface area contributed by atoms with E-state index < -0.39 is 11.7 Å². The summed E-state index contributed by atoms with van der Waals surface area (Å²) >= 11 is 0. The van der Waals surface area contributed by atoms with Crippen LogP contribution in [0.15, 0.2) is 60.7 Å². The fourth-order valence-corrected chi connectivity index (χ4v) is 4.45. The van der Waals surface area contributed by atoms with Crippen molar-refractivity contribution in [1.82, 2.24) is 9.97 Å². The van der Waals surface area contributed by atoms with Gasteiger partial charge in [-0.05, 0) is 81.6 Å². The summed E-state index contributed by atoms with van der Waals surface area (Å²) in [6.07, 6.45) is 3.00. The number of ether oxygens (including phenoxy) is 2. The van der Waals surface area contributed by atoms with Crippen LogP contribution in [0.5, 0.6) is 0 Å². The zero-order valence-corrected chi connectivity index (χ0v) is 26.0. The highest BCUT2D eigenvalue weighted by Gasteiger charge is 2.18. The minimum Gasteiger partial charge on any atom is -0.444 e. The number of rotatable bonds is 12. The van der Waals surface area contributed by atoms with Gasteiger partial charge >= 0.3 is 6.09 Å². The van der Waals surface area contributed by atoms with E-state index in [-0.39, 0.29) is 5.91 Å². The number of benzene rings is 3. The molecular formula is C34H41N6O4+. The Morgan fingerprint density at radius 2 is 1.75 bits per heavy atom. The molecule has 4 rings (SSSR count). The number of anilines is 4. The molecule has 230 valence electrons. The van der Waals surface area contributed by atoms with Crippen molar-refractivity contribution in [1.29, 1.82) is 0 Å². The summed E-state index contributed by atoms with van der Waals surface area (Å²) in [5.41, 5.74) is 4.36. The molecule has 0 aliphatic carbocycles. The third kappa shape index (κ3) is 8.84. The molecule has 4 aromatic rings. The van der Waals surface area contributed by atoms with Gasteiger partial charge in [0.25, 0.3) is 0 Å². The highest BCUT2D eigenvalue weighted by Crippen LogP contribution is 2.31. The third-order valence-corrected chi connectivity index (χ3v) is 6.39. The monoisotopic (exact) mass is 597 g/mol. The van der Waals surface area contributed by atoms with Crippen LogP contribution >= 0.6 is 0 Å². The molecule has 0 unspecified atom stereocenters. The number of hydrogen-bond donors (Lipinski definition) is 4. The van der Waals surface area contributed by atoms with Crippen molar-refractivity contribution in [2.75, 3.05) is 22.6 Å². The lowest BCUT2D eigenvalue weighted by atomic mass is 10.1. The highest BCUT2D eigenvalue weighted by molar-refractivity contribution is 5.96. The number of carbonyl (C=O) groups excluding carboxylic acids is 2. The first-order chi connectivity index (χ1) is 21.1. The average Bonchev–Trinajstić information content (AvgIpc) is 2.97. The van der Waals surface area contributed by atoms with Gasteiger partial charge in [-0.1, -0.05) is 32.0 Å². The quantitative estimate of drug-likeness (QED) is 0.112. The number of aromatic nitrogens is 2. The topological polar surface area (TPSA) is 140 Å². The van der Waals surface area contributed by atoms with E-state index in [0.717, 1.165) is 34.9 Å². The van der Waals surface area contributed by atoms with E-state index in [4.69, 9.17) is 24.9 Å². The zero-order valence-electron chi connectivity index (χ0n) is 26.0. The number of hydrogen-bond acceptors (Lipinski definition) is 7. The molecule has 0 aliphatic rings. The van der Waals surface area contributed by atoms with Gasteiger partial charge in [-0.15, -0.1) is 0 Å². The van der Waals surface area contributed by atoms with Gasteiger partial charge in [0.1, 0.15) is 11.4 Å². The molecule has 0 saturated heterocycles. The Morgan fingerprint density at radius 3 is 2.48 bits per heavy atom. The maximum absolute atomic E-state index is 12.4. The van der Waals surface area contributed by atoms with E-state index in [1.165, 1.54) is 6.21 Å². The van der Waals surface area contributed by atoms with Crippen molar-refractivity contribution in [2.45, 2.75) is 66.1 Å². The van der Waals surface area contributed by atoms with E-state index in [1.807, 2.05) is 61.5 Å². The van der Waals surface area contributed by atoms with Crippen LogP contribution in [0.2, 0.25) is 0 Å². The van der Waals surface area contributed by atoms with Crippen LogP contribution < -0.4 is 21.4 Å². The highest BCUT2D eigenvalue weighted by atomic mass is 16.6. The van der Waals surface area contributed by atoms with Crippen molar-refractivity contribution in [2.24, 2.45) is 0 Å². The summed E-state index contributed by atoms with van der Waals surface area (Å²) in [7, 11) is 0. The second-order valence-electron chi connectivity index (χ2n) is 11.4. The molecule has 0 saturated carbocycles. The molecule has 0 spiro atoms. The minimum atomic E-state index is -0.634. The third-order valence-electron chi connectivity index (χ3n) is 6.39. The van der Waals surface area contributed by atoms with Crippen molar-refractivity contribution in [3.63, 3.8) is 0 Å². The van der Waals surface area contributed by atoms with Crippen molar-refractivity contribution >= 4 is 52.0 Å². The van der Waals surface area contributed by atoms with Gasteiger partial charge in [0.05, 0.1) is 23.4 Å².